The lowest BCUT2D eigenvalue weighted by Crippen LogP contribution is -1.97. The fraction of sp³-hybridized carbons (Fsp3) is 1.00. The van der Waals surface area contributed by atoms with Crippen molar-refractivity contribution in [2.75, 3.05) is 0 Å². The Morgan fingerprint density at radius 2 is 0.720 bits per heavy atom. The van der Waals surface area contributed by atoms with Gasteiger partial charge in [0.25, 0.3) is 0 Å². The summed E-state index contributed by atoms with van der Waals surface area (Å²) in [5.74, 6) is 1.02. The molecule has 0 nitrogen and oxygen atoms in total. The van der Waals surface area contributed by atoms with E-state index in [-0.39, 0.29) is 0 Å². The van der Waals surface area contributed by atoms with Crippen molar-refractivity contribution in [3.8, 4) is 0 Å². The molecular weight excluding hydrogens is 300 g/mol. The van der Waals surface area contributed by atoms with Gasteiger partial charge in [0.15, 0.2) is 0 Å². The van der Waals surface area contributed by atoms with E-state index in [1.165, 1.54) is 135 Å². The normalized spacial score (nSPS) is 12.6. The molecule has 0 fully saturated rings. The lowest BCUT2D eigenvalue weighted by atomic mass is 9.94. The van der Waals surface area contributed by atoms with Crippen LogP contribution in [0.3, 0.4) is 0 Å². The minimum atomic E-state index is 1.02. The van der Waals surface area contributed by atoms with Gasteiger partial charge in [0, 0.05) is 0 Å². The van der Waals surface area contributed by atoms with E-state index in [2.05, 4.69) is 20.8 Å². The van der Waals surface area contributed by atoms with Gasteiger partial charge in [-0.3, -0.25) is 0 Å². The highest BCUT2D eigenvalue weighted by atomic mass is 14.1. The molecule has 0 radical (unpaired) electrons. The van der Waals surface area contributed by atoms with Crippen LogP contribution in [0.25, 0.3) is 0 Å². The maximum Gasteiger partial charge on any atom is -0.0417 e. The Kier molecular flexibility index (Phi) is 22.0. The summed E-state index contributed by atoms with van der Waals surface area (Å²) in [5, 5.41) is 0. The van der Waals surface area contributed by atoms with Crippen molar-refractivity contribution < 1.29 is 0 Å². The first kappa shape index (κ1) is 25.0. The molecule has 0 spiro atoms. The summed E-state index contributed by atoms with van der Waals surface area (Å²) in [5.41, 5.74) is 0. The Morgan fingerprint density at radius 1 is 0.360 bits per heavy atom. The molecule has 1 atom stereocenters. The maximum absolute atomic E-state index is 2.37. The lowest BCUT2D eigenvalue weighted by Gasteiger charge is -2.13. The molecule has 1 unspecified atom stereocenters. The molecule has 25 heavy (non-hydrogen) atoms. The predicted molar refractivity (Wildman–Crippen MR) is 117 cm³/mol. The molecule has 0 heteroatoms. The van der Waals surface area contributed by atoms with Gasteiger partial charge in [-0.25, -0.2) is 0 Å². The molecule has 152 valence electrons. The average molecular weight is 353 g/mol. The third-order valence-electron chi connectivity index (χ3n) is 5.99. The molecule has 0 rings (SSSR count). The van der Waals surface area contributed by atoms with Crippen LogP contribution in [0.2, 0.25) is 0 Å². The molecule has 0 heterocycles. The Hall–Kier alpha value is 0. The zero-order valence-electron chi connectivity index (χ0n) is 18.4. The first-order valence-electron chi connectivity index (χ1n) is 12.3. The number of hydrogen-bond acceptors (Lipinski definition) is 0. The van der Waals surface area contributed by atoms with Gasteiger partial charge >= 0.3 is 0 Å². The number of hydrogen-bond donors (Lipinski definition) is 0. The fourth-order valence-corrected chi connectivity index (χ4v) is 4.12. The average Bonchev–Trinajstić information content (AvgIpc) is 2.63. The molecule has 0 aromatic rings. The second-order valence-electron chi connectivity index (χ2n) is 8.51. The first-order chi connectivity index (χ1) is 12.3. The SMILES string of the molecule is CCCCCCCCCCCCCCCCCCCC(CC)CCC. The number of unbranched alkanes of at least 4 members (excludes halogenated alkanes) is 16. The summed E-state index contributed by atoms with van der Waals surface area (Å²) >= 11 is 0. The van der Waals surface area contributed by atoms with E-state index < -0.39 is 0 Å². The highest BCUT2D eigenvalue weighted by Crippen LogP contribution is 2.20. The third-order valence-corrected chi connectivity index (χ3v) is 5.99. The summed E-state index contributed by atoms with van der Waals surface area (Å²) in [6, 6.07) is 0. The van der Waals surface area contributed by atoms with Crippen molar-refractivity contribution in [1.82, 2.24) is 0 Å². The van der Waals surface area contributed by atoms with Crippen molar-refractivity contribution in [2.45, 2.75) is 156 Å². The van der Waals surface area contributed by atoms with Crippen LogP contribution in [0.4, 0.5) is 0 Å². The van der Waals surface area contributed by atoms with Crippen LogP contribution in [0.1, 0.15) is 156 Å². The minimum absolute atomic E-state index is 1.02. The number of rotatable bonds is 21. The Morgan fingerprint density at radius 3 is 1.04 bits per heavy atom. The van der Waals surface area contributed by atoms with Crippen LogP contribution in [0.15, 0.2) is 0 Å². The van der Waals surface area contributed by atoms with Gasteiger partial charge in [-0.1, -0.05) is 156 Å². The minimum Gasteiger partial charge on any atom is -0.0654 e. The fourth-order valence-electron chi connectivity index (χ4n) is 4.12. The second kappa shape index (κ2) is 22.0. The van der Waals surface area contributed by atoms with Crippen LogP contribution in [0.5, 0.6) is 0 Å². The molecule has 0 saturated carbocycles. The smallest absolute Gasteiger partial charge is 0.0417 e. The third kappa shape index (κ3) is 20.2. The van der Waals surface area contributed by atoms with Gasteiger partial charge in [-0.2, -0.15) is 0 Å². The molecule has 0 saturated heterocycles. The predicted octanol–water partition coefficient (Wildman–Crippen LogP) is 9.85. The highest BCUT2D eigenvalue weighted by Gasteiger charge is 2.04. The molecule has 0 N–H and O–H groups in total. The highest BCUT2D eigenvalue weighted by molar-refractivity contribution is 4.57. The van der Waals surface area contributed by atoms with E-state index in [1.807, 2.05) is 0 Å². The zero-order valence-corrected chi connectivity index (χ0v) is 18.4. The summed E-state index contributed by atoms with van der Waals surface area (Å²) in [4.78, 5) is 0. The molecule has 0 bridgehead atoms. The van der Waals surface area contributed by atoms with Crippen molar-refractivity contribution in [3.63, 3.8) is 0 Å². The van der Waals surface area contributed by atoms with E-state index in [0.717, 1.165) is 5.92 Å². The van der Waals surface area contributed by atoms with E-state index in [0.29, 0.717) is 0 Å². The van der Waals surface area contributed by atoms with E-state index in [9.17, 15) is 0 Å². The van der Waals surface area contributed by atoms with Crippen LogP contribution in [-0.4, -0.2) is 0 Å². The Labute approximate surface area is 161 Å². The first-order valence-corrected chi connectivity index (χ1v) is 12.3. The van der Waals surface area contributed by atoms with Crippen molar-refractivity contribution in [3.05, 3.63) is 0 Å². The second-order valence-corrected chi connectivity index (χ2v) is 8.51. The summed E-state index contributed by atoms with van der Waals surface area (Å²) in [6.45, 7) is 7.00. The van der Waals surface area contributed by atoms with Crippen LogP contribution in [0, 0.1) is 5.92 Å². The van der Waals surface area contributed by atoms with E-state index in [4.69, 9.17) is 0 Å². The van der Waals surface area contributed by atoms with Crippen LogP contribution < -0.4 is 0 Å². The van der Waals surface area contributed by atoms with Crippen molar-refractivity contribution in [1.29, 1.82) is 0 Å². The van der Waals surface area contributed by atoms with E-state index in [1.54, 1.807) is 0 Å². The lowest BCUT2D eigenvalue weighted by molar-refractivity contribution is 0.407. The zero-order chi connectivity index (χ0) is 18.4. The molecule has 0 aromatic carbocycles. The quantitative estimate of drug-likeness (QED) is 0.180. The summed E-state index contributed by atoms with van der Waals surface area (Å²) < 4.78 is 0. The standard InChI is InChI=1S/C25H52/c1-4-7-8-9-10-11-12-13-14-15-16-17-18-19-20-21-22-24-25(6-3)23-5-2/h25H,4-24H2,1-3H3. The largest absolute Gasteiger partial charge is 0.0654 e. The molecule has 0 aliphatic rings. The van der Waals surface area contributed by atoms with Gasteiger partial charge in [0.2, 0.25) is 0 Å². The van der Waals surface area contributed by atoms with Gasteiger partial charge in [0.1, 0.15) is 0 Å². The molecule has 0 aromatic heterocycles. The van der Waals surface area contributed by atoms with Crippen LogP contribution >= 0.6 is 0 Å². The molecule has 0 aliphatic heterocycles. The molecule has 0 aliphatic carbocycles. The van der Waals surface area contributed by atoms with Gasteiger partial charge in [0.05, 0.1) is 0 Å². The van der Waals surface area contributed by atoms with Crippen molar-refractivity contribution >= 4 is 0 Å². The van der Waals surface area contributed by atoms with Gasteiger partial charge in [-0.15, -0.1) is 0 Å². The topological polar surface area (TPSA) is 0 Å². The van der Waals surface area contributed by atoms with Crippen molar-refractivity contribution in [2.24, 2.45) is 5.92 Å². The summed E-state index contributed by atoms with van der Waals surface area (Å²) in [6.07, 6.45) is 30.8. The van der Waals surface area contributed by atoms with Crippen LogP contribution in [-0.2, 0) is 0 Å². The molecular formula is C25H52. The van der Waals surface area contributed by atoms with E-state index >= 15 is 0 Å². The monoisotopic (exact) mass is 352 g/mol. The van der Waals surface area contributed by atoms with Gasteiger partial charge < -0.3 is 0 Å². The Bertz CT molecular complexity index is 220. The maximum atomic E-state index is 2.37. The summed E-state index contributed by atoms with van der Waals surface area (Å²) in [7, 11) is 0. The Balaban J connectivity index is 3.07. The molecule has 0 amide bonds. The van der Waals surface area contributed by atoms with Gasteiger partial charge in [-0.05, 0) is 5.92 Å².